The first kappa shape index (κ1) is 14.4. The zero-order valence-electron chi connectivity index (χ0n) is 11.2. The van der Waals surface area contributed by atoms with E-state index in [1.54, 1.807) is 0 Å². The van der Waals surface area contributed by atoms with Crippen LogP contribution in [-0.2, 0) is 17.8 Å². The van der Waals surface area contributed by atoms with Crippen LogP contribution >= 0.6 is 0 Å². The average molecular weight is 268 g/mol. The Kier molecular flexibility index (Phi) is 4.87. The molecule has 1 fully saturated rings. The SMILES string of the molecule is CC1COC(CO)CN1Cc1cc(F)cc(CN)c1. The van der Waals surface area contributed by atoms with Crippen molar-refractivity contribution in [3.05, 3.63) is 35.1 Å². The van der Waals surface area contributed by atoms with E-state index in [4.69, 9.17) is 15.6 Å². The molecule has 2 atom stereocenters. The van der Waals surface area contributed by atoms with Crippen LogP contribution in [0.1, 0.15) is 18.1 Å². The van der Waals surface area contributed by atoms with Crippen molar-refractivity contribution in [2.75, 3.05) is 19.8 Å². The van der Waals surface area contributed by atoms with Gasteiger partial charge in [-0.3, -0.25) is 4.90 Å². The summed E-state index contributed by atoms with van der Waals surface area (Å²) < 4.78 is 19.0. The lowest BCUT2D eigenvalue weighted by Crippen LogP contribution is -2.48. The van der Waals surface area contributed by atoms with E-state index < -0.39 is 0 Å². The van der Waals surface area contributed by atoms with Crippen molar-refractivity contribution in [3.63, 3.8) is 0 Å². The van der Waals surface area contributed by atoms with Gasteiger partial charge in [0.25, 0.3) is 0 Å². The summed E-state index contributed by atoms with van der Waals surface area (Å²) in [5.74, 6) is -0.252. The summed E-state index contributed by atoms with van der Waals surface area (Å²) in [6, 6.07) is 5.18. The molecule has 1 heterocycles. The first-order valence-electron chi connectivity index (χ1n) is 6.57. The zero-order chi connectivity index (χ0) is 13.8. The fourth-order valence-corrected chi connectivity index (χ4v) is 2.37. The maximum Gasteiger partial charge on any atom is 0.123 e. The summed E-state index contributed by atoms with van der Waals surface area (Å²) in [4.78, 5) is 2.19. The molecule has 0 spiro atoms. The summed E-state index contributed by atoms with van der Waals surface area (Å²) >= 11 is 0. The number of hydrogen-bond acceptors (Lipinski definition) is 4. The molecule has 0 bridgehead atoms. The van der Waals surface area contributed by atoms with Crippen molar-refractivity contribution in [2.45, 2.75) is 32.2 Å². The van der Waals surface area contributed by atoms with Crippen molar-refractivity contribution in [2.24, 2.45) is 5.73 Å². The van der Waals surface area contributed by atoms with Gasteiger partial charge < -0.3 is 15.6 Å². The smallest absolute Gasteiger partial charge is 0.123 e. The molecule has 2 rings (SSSR count). The van der Waals surface area contributed by atoms with Crippen LogP contribution in [0.25, 0.3) is 0 Å². The maximum atomic E-state index is 13.5. The number of aliphatic hydroxyl groups excluding tert-OH is 1. The number of halogens is 1. The van der Waals surface area contributed by atoms with Crippen LogP contribution in [0.4, 0.5) is 4.39 Å². The highest BCUT2D eigenvalue weighted by Gasteiger charge is 2.25. The van der Waals surface area contributed by atoms with Crippen LogP contribution in [0, 0.1) is 5.82 Å². The van der Waals surface area contributed by atoms with Gasteiger partial charge in [0, 0.05) is 25.7 Å². The van der Waals surface area contributed by atoms with E-state index in [1.807, 2.05) is 6.07 Å². The standard InChI is InChI=1S/C14H21FN2O2/c1-10-9-19-14(8-18)7-17(10)6-12-2-11(5-16)3-13(15)4-12/h2-4,10,14,18H,5-9,16H2,1H3. The quantitative estimate of drug-likeness (QED) is 0.850. The molecule has 106 valence electrons. The number of benzene rings is 1. The molecule has 2 unspecified atom stereocenters. The molecule has 0 aromatic heterocycles. The molecule has 4 nitrogen and oxygen atoms in total. The lowest BCUT2D eigenvalue weighted by Gasteiger charge is -2.37. The second-order valence-corrected chi connectivity index (χ2v) is 5.09. The molecular weight excluding hydrogens is 247 g/mol. The molecule has 0 amide bonds. The van der Waals surface area contributed by atoms with Gasteiger partial charge in [-0.1, -0.05) is 6.07 Å². The molecule has 0 radical (unpaired) electrons. The number of nitrogens with two attached hydrogens (primary N) is 1. The van der Waals surface area contributed by atoms with E-state index >= 15 is 0 Å². The number of rotatable bonds is 4. The molecule has 1 aromatic carbocycles. The molecule has 5 heteroatoms. The summed E-state index contributed by atoms with van der Waals surface area (Å²) in [5.41, 5.74) is 7.27. The van der Waals surface area contributed by atoms with E-state index in [0.29, 0.717) is 26.2 Å². The fraction of sp³-hybridized carbons (Fsp3) is 0.571. The van der Waals surface area contributed by atoms with E-state index in [9.17, 15) is 4.39 Å². The molecule has 1 aliphatic heterocycles. The molecular formula is C14H21FN2O2. The molecule has 1 aliphatic rings. The van der Waals surface area contributed by atoms with Crippen molar-refractivity contribution in [1.82, 2.24) is 4.90 Å². The van der Waals surface area contributed by atoms with Gasteiger partial charge in [0.1, 0.15) is 5.82 Å². The molecule has 19 heavy (non-hydrogen) atoms. The molecule has 3 N–H and O–H groups in total. The van der Waals surface area contributed by atoms with Gasteiger partial charge in [0.15, 0.2) is 0 Å². The van der Waals surface area contributed by atoms with Crippen LogP contribution in [0.15, 0.2) is 18.2 Å². The van der Waals surface area contributed by atoms with Crippen LogP contribution in [0.3, 0.4) is 0 Å². The normalized spacial score (nSPS) is 24.6. The van der Waals surface area contributed by atoms with E-state index in [-0.39, 0.29) is 24.6 Å². The number of morpholine rings is 1. The second kappa shape index (κ2) is 6.43. The highest BCUT2D eigenvalue weighted by Crippen LogP contribution is 2.17. The minimum Gasteiger partial charge on any atom is -0.394 e. The lowest BCUT2D eigenvalue weighted by molar-refractivity contribution is -0.0805. The third-order valence-corrected chi connectivity index (χ3v) is 3.48. The Morgan fingerprint density at radius 3 is 2.84 bits per heavy atom. The topological polar surface area (TPSA) is 58.7 Å². The monoisotopic (exact) mass is 268 g/mol. The summed E-state index contributed by atoms with van der Waals surface area (Å²) in [6.45, 7) is 4.31. The third-order valence-electron chi connectivity index (χ3n) is 3.48. The van der Waals surface area contributed by atoms with Gasteiger partial charge in [-0.15, -0.1) is 0 Å². The zero-order valence-corrected chi connectivity index (χ0v) is 11.2. The summed E-state index contributed by atoms with van der Waals surface area (Å²) in [5, 5.41) is 9.16. The average Bonchev–Trinajstić information content (AvgIpc) is 2.40. The van der Waals surface area contributed by atoms with E-state index in [2.05, 4.69) is 11.8 Å². The Balaban J connectivity index is 2.08. The van der Waals surface area contributed by atoms with Gasteiger partial charge in [-0.05, 0) is 30.2 Å². The van der Waals surface area contributed by atoms with Crippen molar-refractivity contribution in [1.29, 1.82) is 0 Å². The number of ether oxygens (including phenoxy) is 1. The second-order valence-electron chi connectivity index (χ2n) is 5.09. The minimum absolute atomic E-state index is 0.0143. The first-order chi connectivity index (χ1) is 9.12. The highest BCUT2D eigenvalue weighted by atomic mass is 19.1. The Hall–Kier alpha value is -1.01. The van der Waals surface area contributed by atoms with Crippen LogP contribution in [0.5, 0.6) is 0 Å². The fourth-order valence-electron chi connectivity index (χ4n) is 2.37. The number of hydrogen-bond donors (Lipinski definition) is 2. The molecule has 0 aliphatic carbocycles. The predicted octanol–water partition coefficient (Wildman–Crippen LogP) is 0.866. The molecule has 0 saturated carbocycles. The highest BCUT2D eigenvalue weighted by molar-refractivity contribution is 5.24. The van der Waals surface area contributed by atoms with Crippen molar-refractivity contribution >= 4 is 0 Å². The van der Waals surface area contributed by atoms with Gasteiger partial charge >= 0.3 is 0 Å². The van der Waals surface area contributed by atoms with Gasteiger partial charge in [-0.25, -0.2) is 4.39 Å². The van der Waals surface area contributed by atoms with Gasteiger partial charge in [0.2, 0.25) is 0 Å². The van der Waals surface area contributed by atoms with Crippen LogP contribution < -0.4 is 5.73 Å². The third kappa shape index (κ3) is 3.73. The van der Waals surface area contributed by atoms with Crippen molar-refractivity contribution in [3.8, 4) is 0 Å². The predicted molar refractivity (Wildman–Crippen MR) is 71.0 cm³/mol. The Bertz CT molecular complexity index is 428. The first-order valence-corrected chi connectivity index (χ1v) is 6.57. The lowest BCUT2D eigenvalue weighted by atomic mass is 10.1. The molecule has 1 saturated heterocycles. The summed E-state index contributed by atoms with van der Waals surface area (Å²) in [6.07, 6.45) is -0.154. The van der Waals surface area contributed by atoms with Gasteiger partial charge in [0.05, 0.1) is 19.3 Å². The molecule has 1 aromatic rings. The van der Waals surface area contributed by atoms with Gasteiger partial charge in [-0.2, -0.15) is 0 Å². The number of nitrogens with zero attached hydrogens (tertiary/aromatic N) is 1. The summed E-state index contributed by atoms with van der Waals surface area (Å²) in [7, 11) is 0. The number of aliphatic hydroxyl groups is 1. The van der Waals surface area contributed by atoms with Crippen LogP contribution in [0.2, 0.25) is 0 Å². The largest absolute Gasteiger partial charge is 0.394 e. The van der Waals surface area contributed by atoms with Crippen molar-refractivity contribution < 1.29 is 14.2 Å². The van der Waals surface area contributed by atoms with E-state index in [0.717, 1.165) is 11.1 Å². The Morgan fingerprint density at radius 1 is 1.42 bits per heavy atom. The van der Waals surface area contributed by atoms with Crippen LogP contribution in [-0.4, -0.2) is 41.9 Å². The Labute approximate surface area is 113 Å². The maximum absolute atomic E-state index is 13.5. The minimum atomic E-state index is -0.252. The Morgan fingerprint density at radius 2 is 2.16 bits per heavy atom. The van der Waals surface area contributed by atoms with E-state index in [1.165, 1.54) is 12.1 Å².